The van der Waals surface area contributed by atoms with Crippen LogP contribution >= 0.6 is 23.7 Å². The summed E-state index contributed by atoms with van der Waals surface area (Å²) >= 11 is 1.46. The second-order valence-corrected chi connectivity index (χ2v) is 4.98. The van der Waals surface area contributed by atoms with E-state index >= 15 is 0 Å². The number of carbonyl (C=O) groups is 1. The van der Waals surface area contributed by atoms with E-state index in [9.17, 15) is 4.79 Å². The Morgan fingerprint density at radius 1 is 1.35 bits per heavy atom. The number of likely N-dealkylation sites (tertiary alicyclic amines) is 1. The number of aromatic nitrogens is 1. The van der Waals surface area contributed by atoms with Crippen molar-refractivity contribution in [3.63, 3.8) is 0 Å². The quantitative estimate of drug-likeness (QED) is 0.899. The summed E-state index contributed by atoms with van der Waals surface area (Å²) < 4.78 is 0. The van der Waals surface area contributed by atoms with Gasteiger partial charge in [0.25, 0.3) is 5.91 Å². The minimum absolute atomic E-state index is 0. The van der Waals surface area contributed by atoms with Gasteiger partial charge in [-0.05, 0) is 12.8 Å². The third-order valence-corrected chi connectivity index (χ3v) is 3.71. The van der Waals surface area contributed by atoms with E-state index in [2.05, 4.69) is 4.98 Å². The third kappa shape index (κ3) is 3.66. The van der Waals surface area contributed by atoms with Crippen LogP contribution in [0, 0.1) is 0 Å². The lowest BCUT2D eigenvalue weighted by atomic mass is 10.2. The second kappa shape index (κ2) is 6.93. The van der Waals surface area contributed by atoms with Gasteiger partial charge in [0, 0.05) is 25.0 Å². The normalized spacial score (nSPS) is 16.2. The summed E-state index contributed by atoms with van der Waals surface area (Å²) in [5.74, 6) is 0.0675. The molecule has 1 amide bonds. The van der Waals surface area contributed by atoms with Gasteiger partial charge in [0.1, 0.15) is 10.7 Å². The van der Waals surface area contributed by atoms with Crippen LogP contribution in [0.25, 0.3) is 0 Å². The average Bonchev–Trinajstić information content (AvgIpc) is 2.62. The highest BCUT2D eigenvalue weighted by Gasteiger charge is 2.19. The Kier molecular flexibility index (Phi) is 5.88. The van der Waals surface area contributed by atoms with Crippen molar-refractivity contribution in [1.29, 1.82) is 0 Å². The molecule has 96 valence electrons. The van der Waals surface area contributed by atoms with Crippen molar-refractivity contribution in [2.75, 3.05) is 13.1 Å². The van der Waals surface area contributed by atoms with E-state index in [-0.39, 0.29) is 18.3 Å². The predicted molar refractivity (Wildman–Crippen MR) is 71.6 cm³/mol. The smallest absolute Gasteiger partial charge is 0.273 e. The maximum atomic E-state index is 12.1. The molecule has 1 aliphatic heterocycles. The largest absolute Gasteiger partial charge is 0.337 e. The van der Waals surface area contributed by atoms with Gasteiger partial charge in [0.15, 0.2) is 0 Å². The van der Waals surface area contributed by atoms with Crippen LogP contribution < -0.4 is 5.73 Å². The van der Waals surface area contributed by atoms with Gasteiger partial charge in [-0.3, -0.25) is 4.79 Å². The molecule has 17 heavy (non-hydrogen) atoms. The average molecular weight is 276 g/mol. The van der Waals surface area contributed by atoms with E-state index in [0.29, 0.717) is 12.2 Å². The van der Waals surface area contributed by atoms with Crippen molar-refractivity contribution in [2.45, 2.75) is 32.2 Å². The molecule has 6 heteroatoms. The number of hydrogen-bond donors (Lipinski definition) is 1. The fourth-order valence-corrected chi connectivity index (χ4v) is 2.59. The highest BCUT2D eigenvalue weighted by molar-refractivity contribution is 7.09. The van der Waals surface area contributed by atoms with E-state index in [0.717, 1.165) is 30.9 Å². The predicted octanol–water partition coefficient (Wildman–Crippen LogP) is 2.04. The molecule has 1 aromatic heterocycles. The van der Waals surface area contributed by atoms with Crippen LogP contribution in [0.15, 0.2) is 5.38 Å². The first kappa shape index (κ1) is 14.4. The molecule has 0 aliphatic carbocycles. The van der Waals surface area contributed by atoms with Gasteiger partial charge in [-0.15, -0.1) is 23.7 Å². The van der Waals surface area contributed by atoms with E-state index < -0.39 is 0 Å². The first-order valence-corrected chi connectivity index (χ1v) is 6.63. The summed E-state index contributed by atoms with van der Waals surface area (Å²) in [6.07, 6.45) is 4.68. The van der Waals surface area contributed by atoms with Crippen LogP contribution in [0.3, 0.4) is 0 Å². The Balaban J connectivity index is 0.00000144. The molecular formula is C11H18ClN3OS. The zero-order valence-corrected chi connectivity index (χ0v) is 11.4. The SMILES string of the molecule is Cl.NCc1nc(C(=O)N2CCCCCC2)cs1. The molecule has 0 spiro atoms. The third-order valence-electron chi connectivity index (χ3n) is 2.84. The molecule has 0 saturated carbocycles. The summed E-state index contributed by atoms with van der Waals surface area (Å²) in [6.45, 7) is 2.15. The van der Waals surface area contributed by atoms with E-state index in [1.165, 1.54) is 24.2 Å². The molecule has 2 heterocycles. The van der Waals surface area contributed by atoms with Gasteiger partial charge >= 0.3 is 0 Å². The first-order valence-electron chi connectivity index (χ1n) is 5.75. The van der Waals surface area contributed by atoms with Crippen molar-refractivity contribution in [3.05, 3.63) is 16.1 Å². The van der Waals surface area contributed by atoms with Gasteiger partial charge in [0.05, 0.1) is 0 Å². The fraction of sp³-hybridized carbons (Fsp3) is 0.636. The lowest BCUT2D eigenvalue weighted by molar-refractivity contribution is 0.0756. The summed E-state index contributed by atoms with van der Waals surface area (Å²) in [7, 11) is 0. The molecule has 1 aromatic rings. The van der Waals surface area contributed by atoms with Crippen LogP contribution in [0.1, 0.15) is 41.2 Å². The molecule has 2 N–H and O–H groups in total. The van der Waals surface area contributed by atoms with Gasteiger partial charge in [-0.25, -0.2) is 4.98 Å². The molecule has 0 aromatic carbocycles. The Bertz CT molecular complexity index is 361. The van der Waals surface area contributed by atoms with Crippen LogP contribution in [0.4, 0.5) is 0 Å². The molecule has 1 fully saturated rings. The van der Waals surface area contributed by atoms with Gasteiger partial charge in [0.2, 0.25) is 0 Å². The highest BCUT2D eigenvalue weighted by atomic mass is 35.5. The molecular weight excluding hydrogens is 258 g/mol. The van der Waals surface area contributed by atoms with Crippen molar-refractivity contribution in [2.24, 2.45) is 5.73 Å². The first-order chi connectivity index (χ1) is 7.81. The van der Waals surface area contributed by atoms with E-state index in [1.807, 2.05) is 10.3 Å². The van der Waals surface area contributed by atoms with Crippen molar-refractivity contribution in [3.8, 4) is 0 Å². The Morgan fingerprint density at radius 3 is 2.53 bits per heavy atom. The molecule has 4 nitrogen and oxygen atoms in total. The number of nitrogens with zero attached hydrogens (tertiary/aromatic N) is 2. The summed E-state index contributed by atoms with van der Waals surface area (Å²) in [5.41, 5.74) is 6.05. The number of halogens is 1. The number of thiazole rings is 1. The maximum Gasteiger partial charge on any atom is 0.273 e. The summed E-state index contributed by atoms with van der Waals surface area (Å²) in [4.78, 5) is 18.3. The van der Waals surface area contributed by atoms with Crippen molar-refractivity contribution >= 4 is 29.7 Å². The molecule has 0 unspecified atom stereocenters. The van der Waals surface area contributed by atoms with Gasteiger partial charge in [-0.2, -0.15) is 0 Å². The van der Waals surface area contributed by atoms with Gasteiger partial charge in [-0.1, -0.05) is 12.8 Å². The maximum absolute atomic E-state index is 12.1. The molecule has 1 aliphatic rings. The molecule has 1 saturated heterocycles. The standard InChI is InChI=1S/C11H17N3OS.ClH/c12-7-10-13-9(8-16-10)11(15)14-5-3-1-2-4-6-14;/h8H,1-7,12H2;1H. The lowest BCUT2D eigenvalue weighted by Gasteiger charge is -2.18. The van der Waals surface area contributed by atoms with Crippen LogP contribution in [-0.2, 0) is 6.54 Å². The summed E-state index contributed by atoms with van der Waals surface area (Å²) in [6, 6.07) is 0. The zero-order valence-electron chi connectivity index (χ0n) is 9.72. The lowest BCUT2D eigenvalue weighted by Crippen LogP contribution is -2.32. The highest BCUT2D eigenvalue weighted by Crippen LogP contribution is 2.15. The van der Waals surface area contributed by atoms with Crippen LogP contribution in [-0.4, -0.2) is 28.9 Å². The second-order valence-electron chi connectivity index (χ2n) is 4.04. The van der Waals surface area contributed by atoms with Crippen LogP contribution in [0.5, 0.6) is 0 Å². The number of amides is 1. The van der Waals surface area contributed by atoms with Crippen LogP contribution in [0.2, 0.25) is 0 Å². The number of hydrogen-bond acceptors (Lipinski definition) is 4. The molecule has 0 radical (unpaired) electrons. The minimum Gasteiger partial charge on any atom is -0.337 e. The van der Waals surface area contributed by atoms with Crippen molar-refractivity contribution in [1.82, 2.24) is 9.88 Å². The Labute approximate surface area is 112 Å². The number of carbonyl (C=O) groups excluding carboxylic acids is 1. The van der Waals surface area contributed by atoms with Crippen molar-refractivity contribution < 1.29 is 4.79 Å². The van der Waals surface area contributed by atoms with E-state index in [4.69, 9.17) is 5.73 Å². The Hall–Kier alpha value is -0.650. The number of nitrogens with two attached hydrogens (primary N) is 1. The zero-order chi connectivity index (χ0) is 11.4. The molecule has 2 rings (SSSR count). The van der Waals surface area contributed by atoms with E-state index in [1.54, 1.807) is 0 Å². The fourth-order valence-electron chi connectivity index (χ4n) is 1.94. The number of rotatable bonds is 2. The molecule has 0 atom stereocenters. The minimum atomic E-state index is 0. The summed E-state index contributed by atoms with van der Waals surface area (Å²) in [5, 5.41) is 2.65. The molecule has 0 bridgehead atoms. The topological polar surface area (TPSA) is 59.2 Å². The van der Waals surface area contributed by atoms with Gasteiger partial charge < -0.3 is 10.6 Å². The monoisotopic (exact) mass is 275 g/mol. The Morgan fingerprint density at radius 2 is 2.00 bits per heavy atom.